The quantitative estimate of drug-likeness (QED) is 0.687. The predicted octanol–water partition coefficient (Wildman–Crippen LogP) is 1.60. The lowest BCUT2D eigenvalue weighted by atomic mass is 9.99. The lowest BCUT2D eigenvalue weighted by molar-refractivity contribution is -0.146. The van der Waals surface area contributed by atoms with Crippen LogP contribution in [0.25, 0.3) is 0 Å². The van der Waals surface area contributed by atoms with E-state index in [9.17, 15) is 4.79 Å². The summed E-state index contributed by atoms with van der Waals surface area (Å²) in [6.45, 7) is 3.62. The van der Waals surface area contributed by atoms with Gasteiger partial charge in [0.15, 0.2) is 0 Å². The molecular weight excluding hydrogens is 190 g/mol. The molecule has 15 heavy (non-hydrogen) atoms. The van der Waals surface area contributed by atoms with Crippen molar-refractivity contribution in [3.05, 3.63) is 29.8 Å². The van der Waals surface area contributed by atoms with Crippen LogP contribution in [0, 0.1) is 12.8 Å². The van der Waals surface area contributed by atoms with Crippen LogP contribution in [0.5, 0.6) is 0 Å². The highest BCUT2D eigenvalue weighted by Gasteiger charge is 2.33. The molecule has 3 heteroatoms. The molecule has 0 radical (unpaired) electrons. The van der Waals surface area contributed by atoms with Gasteiger partial charge in [0.1, 0.15) is 0 Å². The highest BCUT2D eigenvalue weighted by Crippen LogP contribution is 2.25. The molecule has 0 aliphatic carbocycles. The molecule has 0 saturated carbocycles. The Morgan fingerprint density at radius 2 is 2.20 bits per heavy atom. The molecule has 80 valence electrons. The third kappa shape index (κ3) is 1.96. The van der Waals surface area contributed by atoms with Crippen LogP contribution in [0.4, 0.5) is 5.69 Å². The summed E-state index contributed by atoms with van der Waals surface area (Å²) < 4.78 is 4.70. The molecule has 3 nitrogen and oxygen atoms in total. The van der Waals surface area contributed by atoms with Crippen LogP contribution in [-0.2, 0) is 9.53 Å². The normalized spacial score (nSPS) is 16.0. The monoisotopic (exact) mass is 205 g/mol. The smallest absolute Gasteiger partial charge is 0.312 e. The number of carbonyl (C=O) groups is 1. The number of carbonyl (C=O) groups excluding carboxylic acids is 1. The maximum absolute atomic E-state index is 11.2. The van der Waals surface area contributed by atoms with Gasteiger partial charge in [-0.25, -0.2) is 0 Å². The number of nitrogens with zero attached hydrogens (tertiary/aromatic N) is 1. The summed E-state index contributed by atoms with van der Waals surface area (Å²) in [5, 5.41) is 0. The second-order valence-electron chi connectivity index (χ2n) is 3.96. The lowest BCUT2D eigenvalue weighted by Gasteiger charge is -2.39. The van der Waals surface area contributed by atoms with Crippen molar-refractivity contribution in [2.75, 3.05) is 25.1 Å². The molecule has 0 spiro atoms. The summed E-state index contributed by atoms with van der Waals surface area (Å²) in [4.78, 5) is 13.4. The molecule has 0 unspecified atom stereocenters. The Kier molecular flexibility index (Phi) is 2.62. The first kappa shape index (κ1) is 10.0. The Hall–Kier alpha value is -1.51. The van der Waals surface area contributed by atoms with Gasteiger partial charge in [0.2, 0.25) is 0 Å². The zero-order valence-corrected chi connectivity index (χ0v) is 9.06. The van der Waals surface area contributed by atoms with E-state index in [0.717, 1.165) is 13.1 Å². The third-order valence-corrected chi connectivity index (χ3v) is 2.78. The summed E-state index contributed by atoms with van der Waals surface area (Å²) in [5.41, 5.74) is 2.43. The van der Waals surface area contributed by atoms with Crippen molar-refractivity contribution < 1.29 is 9.53 Å². The van der Waals surface area contributed by atoms with E-state index in [0.29, 0.717) is 0 Å². The zero-order valence-electron chi connectivity index (χ0n) is 9.06. The standard InChI is InChI=1S/C12H15NO2/c1-9-4-3-5-11(6-9)13-7-10(8-13)12(14)15-2/h3-6,10H,7-8H2,1-2H3. The Bertz CT molecular complexity index is 370. The maximum Gasteiger partial charge on any atom is 0.312 e. The van der Waals surface area contributed by atoms with Crippen LogP contribution in [0.2, 0.25) is 0 Å². The molecule has 2 rings (SSSR count). The molecule has 1 aliphatic rings. The second-order valence-corrected chi connectivity index (χ2v) is 3.96. The topological polar surface area (TPSA) is 29.5 Å². The molecule has 0 bridgehead atoms. The van der Waals surface area contributed by atoms with Crippen molar-refractivity contribution in [1.29, 1.82) is 0 Å². The van der Waals surface area contributed by atoms with Crippen molar-refractivity contribution in [3.63, 3.8) is 0 Å². The molecular formula is C12H15NO2. The number of aryl methyl sites for hydroxylation is 1. The third-order valence-electron chi connectivity index (χ3n) is 2.78. The largest absolute Gasteiger partial charge is 0.469 e. The van der Waals surface area contributed by atoms with E-state index >= 15 is 0 Å². The summed E-state index contributed by atoms with van der Waals surface area (Å²) in [6.07, 6.45) is 0. The molecule has 1 aromatic rings. The molecule has 1 saturated heterocycles. The van der Waals surface area contributed by atoms with Crippen LogP contribution in [-0.4, -0.2) is 26.2 Å². The van der Waals surface area contributed by atoms with Crippen LogP contribution < -0.4 is 4.90 Å². The number of ether oxygens (including phenoxy) is 1. The van der Waals surface area contributed by atoms with Crippen molar-refractivity contribution in [3.8, 4) is 0 Å². The van der Waals surface area contributed by atoms with Gasteiger partial charge in [-0.1, -0.05) is 12.1 Å². The Morgan fingerprint density at radius 1 is 1.47 bits per heavy atom. The minimum atomic E-state index is -0.0982. The summed E-state index contributed by atoms with van der Waals surface area (Å²) in [5.74, 6) is -0.0468. The molecule has 1 fully saturated rings. The van der Waals surface area contributed by atoms with Gasteiger partial charge in [0, 0.05) is 18.8 Å². The maximum atomic E-state index is 11.2. The average molecular weight is 205 g/mol. The fraction of sp³-hybridized carbons (Fsp3) is 0.417. The summed E-state index contributed by atoms with van der Waals surface area (Å²) in [6, 6.07) is 8.31. The van der Waals surface area contributed by atoms with Gasteiger partial charge in [-0.05, 0) is 24.6 Å². The number of methoxy groups -OCH3 is 1. The van der Waals surface area contributed by atoms with Crippen molar-refractivity contribution in [2.45, 2.75) is 6.92 Å². The molecule has 1 heterocycles. The van der Waals surface area contributed by atoms with Crippen LogP contribution in [0.15, 0.2) is 24.3 Å². The Labute approximate surface area is 89.7 Å². The first-order chi connectivity index (χ1) is 7.20. The van der Waals surface area contributed by atoms with Crippen LogP contribution in [0.1, 0.15) is 5.56 Å². The second kappa shape index (κ2) is 3.93. The summed E-state index contributed by atoms with van der Waals surface area (Å²) >= 11 is 0. The number of rotatable bonds is 2. The molecule has 0 aromatic heterocycles. The molecule has 1 aromatic carbocycles. The fourth-order valence-corrected chi connectivity index (χ4v) is 1.83. The van der Waals surface area contributed by atoms with E-state index in [2.05, 4.69) is 30.0 Å². The van der Waals surface area contributed by atoms with E-state index < -0.39 is 0 Å². The highest BCUT2D eigenvalue weighted by atomic mass is 16.5. The minimum Gasteiger partial charge on any atom is -0.469 e. The number of anilines is 1. The van der Waals surface area contributed by atoms with Gasteiger partial charge in [-0.2, -0.15) is 0 Å². The number of esters is 1. The average Bonchev–Trinajstić information content (AvgIpc) is 2.15. The van der Waals surface area contributed by atoms with Crippen molar-refractivity contribution >= 4 is 11.7 Å². The SMILES string of the molecule is COC(=O)C1CN(c2cccc(C)c2)C1. The van der Waals surface area contributed by atoms with Gasteiger partial charge >= 0.3 is 5.97 Å². The Balaban J connectivity index is 1.97. The predicted molar refractivity (Wildman–Crippen MR) is 58.9 cm³/mol. The lowest BCUT2D eigenvalue weighted by Crippen LogP contribution is -2.50. The van der Waals surface area contributed by atoms with Crippen molar-refractivity contribution in [1.82, 2.24) is 0 Å². The Morgan fingerprint density at radius 3 is 2.80 bits per heavy atom. The molecule has 0 N–H and O–H groups in total. The van der Waals surface area contributed by atoms with Crippen LogP contribution >= 0.6 is 0 Å². The number of benzene rings is 1. The van der Waals surface area contributed by atoms with E-state index in [1.807, 2.05) is 6.07 Å². The van der Waals surface area contributed by atoms with E-state index in [4.69, 9.17) is 4.74 Å². The molecule has 0 amide bonds. The summed E-state index contributed by atoms with van der Waals surface area (Å²) in [7, 11) is 1.44. The van der Waals surface area contributed by atoms with Gasteiger partial charge in [0.25, 0.3) is 0 Å². The van der Waals surface area contributed by atoms with Gasteiger partial charge in [-0.3, -0.25) is 4.79 Å². The first-order valence-corrected chi connectivity index (χ1v) is 5.10. The van der Waals surface area contributed by atoms with E-state index in [1.54, 1.807) is 0 Å². The van der Waals surface area contributed by atoms with Gasteiger partial charge < -0.3 is 9.64 Å². The van der Waals surface area contributed by atoms with E-state index in [1.165, 1.54) is 18.4 Å². The molecule has 0 atom stereocenters. The van der Waals surface area contributed by atoms with Crippen LogP contribution in [0.3, 0.4) is 0 Å². The molecule has 1 aliphatic heterocycles. The fourth-order valence-electron chi connectivity index (χ4n) is 1.83. The number of hydrogen-bond donors (Lipinski definition) is 0. The number of hydrogen-bond acceptors (Lipinski definition) is 3. The highest BCUT2D eigenvalue weighted by molar-refractivity contribution is 5.76. The minimum absolute atomic E-state index is 0.0514. The van der Waals surface area contributed by atoms with Gasteiger partial charge in [-0.15, -0.1) is 0 Å². The van der Waals surface area contributed by atoms with E-state index in [-0.39, 0.29) is 11.9 Å². The van der Waals surface area contributed by atoms with Crippen molar-refractivity contribution in [2.24, 2.45) is 5.92 Å². The first-order valence-electron chi connectivity index (χ1n) is 5.10. The zero-order chi connectivity index (χ0) is 10.8. The van der Waals surface area contributed by atoms with Gasteiger partial charge in [0.05, 0.1) is 13.0 Å².